The van der Waals surface area contributed by atoms with E-state index in [-0.39, 0.29) is 6.61 Å². The molecule has 0 saturated heterocycles. The van der Waals surface area contributed by atoms with Crippen molar-refractivity contribution in [2.24, 2.45) is 11.8 Å². The predicted molar refractivity (Wildman–Crippen MR) is 51.1 cm³/mol. The van der Waals surface area contributed by atoms with Crippen molar-refractivity contribution in [1.82, 2.24) is 5.32 Å². The fraction of sp³-hybridized carbons (Fsp3) is 1.00. The first-order chi connectivity index (χ1) is 5.75. The van der Waals surface area contributed by atoms with Crippen LogP contribution in [0.4, 0.5) is 0 Å². The lowest BCUT2D eigenvalue weighted by molar-refractivity contribution is 0.193. The SMILES string of the molecule is CC1CCCC(NCCO)C1C. The molecule has 0 amide bonds. The van der Waals surface area contributed by atoms with Crippen molar-refractivity contribution in [3.8, 4) is 0 Å². The first-order valence-electron chi connectivity index (χ1n) is 5.10. The van der Waals surface area contributed by atoms with Gasteiger partial charge in [0.1, 0.15) is 0 Å². The molecule has 1 rings (SSSR count). The highest BCUT2D eigenvalue weighted by Crippen LogP contribution is 2.29. The van der Waals surface area contributed by atoms with Gasteiger partial charge in [-0.15, -0.1) is 0 Å². The molecule has 72 valence electrons. The minimum Gasteiger partial charge on any atom is -0.395 e. The van der Waals surface area contributed by atoms with Crippen molar-refractivity contribution in [2.45, 2.75) is 39.2 Å². The first-order valence-corrected chi connectivity index (χ1v) is 5.10. The Morgan fingerprint density at radius 1 is 1.33 bits per heavy atom. The van der Waals surface area contributed by atoms with E-state index < -0.39 is 0 Å². The molecule has 1 fully saturated rings. The summed E-state index contributed by atoms with van der Waals surface area (Å²) in [6, 6.07) is 0.640. The molecular weight excluding hydrogens is 150 g/mol. The zero-order valence-corrected chi connectivity index (χ0v) is 8.21. The minimum absolute atomic E-state index is 0.262. The molecular formula is C10H21NO. The first kappa shape index (κ1) is 10.0. The summed E-state index contributed by atoms with van der Waals surface area (Å²) in [5, 5.41) is 12.1. The zero-order valence-electron chi connectivity index (χ0n) is 8.21. The van der Waals surface area contributed by atoms with Gasteiger partial charge >= 0.3 is 0 Å². The third kappa shape index (κ3) is 2.46. The van der Waals surface area contributed by atoms with Crippen LogP contribution in [-0.2, 0) is 0 Å². The molecule has 0 aromatic carbocycles. The van der Waals surface area contributed by atoms with E-state index in [1.54, 1.807) is 0 Å². The Bertz CT molecular complexity index is 127. The van der Waals surface area contributed by atoms with Crippen molar-refractivity contribution < 1.29 is 5.11 Å². The Kier molecular flexibility index (Phi) is 4.02. The lowest BCUT2D eigenvalue weighted by Gasteiger charge is -2.34. The summed E-state index contributed by atoms with van der Waals surface area (Å²) in [6.07, 6.45) is 4.00. The van der Waals surface area contributed by atoms with Gasteiger partial charge in [-0.1, -0.05) is 26.7 Å². The minimum atomic E-state index is 0.262. The average molecular weight is 171 g/mol. The molecule has 12 heavy (non-hydrogen) atoms. The van der Waals surface area contributed by atoms with Gasteiger partial charge in [-0.05, 0) is 18.3 Å². The fourth-order valence-corrected chi connectivity index (χ4v) is 2.12. The van der Waals surface area contributed by atoms with Crippen molar-refractivity contribution in [3.05, 3.63) is 0 Å². The summed E-state index contributed by atoms with van der Waals surface area (Å²) in [5.74, 6) is 1.61. The number of hydrogen-bond acceptors (Lipinski definition) is 2. The van der Waals surface area contributed by atoms with Crippen molar-refractivity contribution in [2.75, 3.05) is 13.2 Å². The van der Waals surface area contributed by atoms with Crippen LogP contribution in [-0.4, -0.2) is 24.3 Å². The lowest BCUT2D eigenvalue weighted by Crippen LogP contribution is -2.41. The Hall–Kier alpha value is -0.0800. The van der Waals surface area contributed by atoms with E-state index in [1.807, 2.05) is 0 Å². The van der Waals surface area contributed by atoms with Gasteiger partial charge in [0.15, 0.2) is 0 Å². The topological polar surface area (TPSA) is 32.3 Å². The van der Waals surface area contributed by atoms with E-state index in [0.29, 0.717) is 6.04 Å². The van der Waals surface area contributed by atoms with Crippen molar-refractivity contribution in [1.29, 1.82) is 0 Å². The van der Waals surface area contributed by atoms with Crippen LogP contribution < -0.4 is 5.32 Å². The van der Waals surface area contributed by atoms with Gasteiger partial charge in [0, 0.05) is 12.6 Å². The molecule has 0 aromatic rings. The summed E-state index contributed by atoms with van der Waals surface area (Å²) >= 11 is 0. The van der Waals surface area contributed by atoms with E-state index in [2.05, 4.69) is 19.2 Å². The van der Waals surface area contributed by atoms with Crippen LogP contribution >= 0.6 is 0 Å². The lowest BCUT2D eigenvalue weighted by atomic mass is 9.78. The molecule has 0 aliphatic heterocycles. The summed E-state index contributed by atoms with van der Waals surface area (Å²) in [7, 11) is 0. The maximum atomic E-state index is 8.69. The largest absolute Gasteiger partial charge is 0.395 e. The van der Waals surface area contributed by atoms with Crippen LogP contribution in [0.1, 0.15) is 33.1 Å². The number of nitrogens with one attached hydrogen (secondary N) is 1. The quantitative estimate of drug-likeness (QED) is 0.672. The molecule has 1 aliphatic rings. The Labute approximate surface area is 75.4 Å². The summed E-state index contributed by atoms with van der Waals surface area (Å²) in [5.41, 5.74) is 0. The van der Waals surface area contributed by atoms with Crippen LogP contribution in [0.2, 0.25) is 0 Å². The van der Waals surface area contributed by atoms with Crippen LogP contribution in [0.5, 0.6) is 0 Å². The molecule has 2 heteroatoms. The second-order valence-electron chi connectivity index (χ2n) is 4.05. The average Bonchev–Trinajstić information content (AvgIpc) is 2.08. The summed E-state index contributed by atoms with van der Waals surface area (Å²) in [4.78, 5) is 0. The summed E-state index contributed by atoms with van der Waals surface area (Å²) in [6.45, 7) is 5.66. The molecule has 3 atom stereocenters. The molecule has 3 unspecified atom stereocenters. The number of hydrogen-bond donors (Lipinski definition) is 2. The monoisotopic (exact) mass is 171 g/mol. The molecule has 0 radical (unpaired) electrons. The van der Waals surface area contributed by atoms with Gasteiger partial charge < -0.3 is 10.4 Å². The second-order valence-corrected chi connectivity index (χ2v) is 4.05. The molecule has 0 bridgehead atoms. The third-order valence-electron chi connectivity index (χ3n) is 3.23. The summed E-state index contributed by atoms with van der Waals surface area (Å²) < 4.78 is 0. The van der Waals surface area contributed by atoms with Crippen LogP contribution in [0, 0.1) is 11.8 Å². The van der Waals surface area contributed by atoms with Gasteiger partial charge in [-0.25, -0.2) is 0 Å². The van der Waals surface area contributed by atoms with E-state index in [9.17, 15) is 0 Å². The van der Waals surface area contributed by atoms with Gasteiger partial charge in [0.25, 0.3) is 0 Å². The normalized spacial score (nSPS) is 36.8. The van der Waals surface area contributed by atoms with Gasteiger partial charge in [0.05, 0.1) is 6.61 Å². The highest BCUT2D eigenvalue weighted by molar-refractivity contribution is 4.81. The molecule has 2 nitrogen and oxygen atoms in total. The van der Waals surface area contributed by atoms with Crippen molar-refractivity contribution in [3.63, 3.8) is 0 Å². The maximum absolute atomic E-state index is 8.69. The zero-order chi connectivity index (χ0) is 8.97. The smallest absolute Gasteiger partial charge is 0.0556 e. The molecule has 1 saturated carbocycles. The molecule has 0 aromatic heterocycles. The molecule has 1 aliphatic carbocycles. The number of rotatable bonds is 3. The molecule has 0 spiro atoms. The Morgan fingerprint density at radius 3 is 2.75 bits per heavy atom. The highest BCUT2D eigenvalue weighted by Gasteiger charge is 2.25. The number of aliphatic hydroxyl groups is 1. The van der Waals surface area contributed by atoms with E-state index in [4.69, 9.17) is 5.11 Å². The third-order valence-corrected chi connectivity index (χ3v) is 3.23. The fourth-order valence-electron chi connectivity index (χ4n) is 2.12. The maximum Gasteiger partial charge on any atom is 0.0556 e. The van der Waals surface area contributed by atoms with Gasteiger partial charge in [-0.3, -0.25) is 0 Å². The van der Waals surface area contributed by atoms with Crippen LogP contribution in [0.3, 0.4) is 0 Å². The van der Waals surface area contributed by atoms with E-state index in [1.165, 1.54) is 19.3 Å². The van der Waals surface area contributed by atoms with Gasteiger partial charge in [0.2, 0.25) is 0 Å². The molecule has 0 heterocycles. The Morgan fingerprint density at radius 2 is 2.08 bits per heavy atom. The number of aliphatic hydroxyl groups excluding tert-OH is 1. The van der Waals surface area contributed by atoms with E-state index in [0.717, 1.165) is 18.4 Å². The van der Waals surface area contributed by atoms with Crippen LogP contribution in [0.25, 0.3) is 0 Å². The standard InChI is InChI=1S/C10H21NO/c1-8-4-3-5-10(9(8)2)11-6-7-12/h8-12H,3-7H2,1-2H3. The van der Waals surface area contributed by atoms with E-state index >= 15 is 0 Å². The van der Waals surface area contributed by atoms with Crippen LogP contribution in [0.15, 0.2) is 0 Å². The highest BCUT2D eigenvalue weighted by atomic mass is 16.3. The second kappa shape index (κ2) is 4.83. The Balaban J connectivity index is 2.30. The van der Waals surface area contributed by atoms with Crippen molar-refractivity contribution >= 4 is 0 Å². The van der Waals surface area contributed by atoms with Gasteiger partial charge in [-0.2, -0.15) is 0 Å². The molecule has 2 N–H and O–H groups in total. The predicted octanol–water partition coefficient (Wildman–Crippen LogP) is 1.39.